The van der Waals surface area contributed by atoms with Gasteiger partial charge in [-0.25, -0.2) is 9.97 Å². The third-order valence-corrected chi connectivity index (χ3v) is 6.00. The summed E-state index contributed by atoms with van der Waals surface area (Å²) in [6.07, 6.45) is 1.58. The summed E-state index contributed by atoms with van der Waals surface area (Å²) in [7, 11) is 3.28. The topological polar surface area (TPSA) is 56.3 Å². The molecule has 0 unspecified atom stereocenters. The second-order valence-corrected chi connectivity index (χ2v) is 8.25. The lowest BCUT2D eigenvalue weighted by atomic mass is 10.0. The van der Waals surface area contributed by atoms with Crippen LogP contribution in [0.25, 0.3) is 21.3 Å². The number of methoxy groups -OCH3 is 2. The summed E-state index contributed by atoms with van der Waals surface area (Å²) in [5.74, 6) is 2.19. The number of thiophene rings is 1. The van der Waals surface area contributed by atoms with E-state index in [9.17, 15) is 0 Å². The minimum atomic E-state index is 0.713. The molecule has 0 bridgehead atoms. The van der Waals surface area contributed by atoms with Gasteiger partial charge in [0, 0.05) is 21.0 Å². The number of rotatable bonds is 5. The van der Waals surface area contributed by atoms with Crippen molar-refractivity contribution in [1.82, 2.24) is 9.97 Å². The summed E-state index contributed by atoms with van der Waals surface area (Å²) in [5, 5.41) is 4.41. The highest BCUT2D eigenvalue weighted by Gasteiger charge is 2.18. The van der Waals surface area contributed by atoms with E-state index in [0.29, 0.717) is 5.75 Å². The van der Waals surface area contributed by atoms with Crippen molar-refractivity contribution in [3.63, 3.8) is 0 Å². The van der Waals surface area contributed by atoms with Crippen molar-refractivity contribution in [1.29, 1.82) is 0 Å². The van der Waals surface area contributed by atoms with E-state index < -0.39 is 0 Å². The number of hydrogen-bond acceptors (Lipinski definition) is 6. The molecule has 0 saturated carbocycles. The Morgan fingerprint density at radius 2 is 1.79 bits per heavy atom. The van der Waals surface area contributed by atoms with Gasteiger partial charge in [-0.15, -0.1) is 11.3 Å². The van der Waals surface area contributed by atoms with Gasteiger partial charge in [0.25, 0.3) is 0 Å². The summed E-state index contributed by atoms with van der Waals surface area (Å²) in [6, 6.07) is 13.9. The first kappa shape index (κ1) is 18.7. The largest absolute Gasteiger partial charge is 0.497 e. The molecule has 2 heterocycles. The van der Waals surface area contributed by atoms with Crippen molar-refractivity contribution in [3.8, 4) is 22.6 Å². The highest BCUT2D eigenvalue weighted by atomic mass is 79.9. The molecule has 0 spiro atoms. The van der Waals surface area contributed by atoms with Gasteiger partial charge < -0.3 is 14.8 Å². The number of ether oxygens (including phenoxy) is 2. The van der Waals surface area contributed by atoms with Gasteiger partial charge in [-0.05, 0) is 36.8 Å². The summed E-state index contributed by atoms with van der Waals surface area (Å²) in [6.45, 7) is 2.11. The van der Waals surface area contributed by atoms with Gasteiger partial charge in [-0.2, -0.15) is 0 Å². The lowest BCUT2D eigenvalue weighted by molar-refractivity contribution is 0.405. The fourth-order valence-electron chi connectivity index (χ4n) is 3.14. The van der Waals surface area contributed by atoms with Gasteiger partial charge in [0.1, 0.15) is 28.5 Å². The first-order chi connectivity index (χ1) is 13.6. The summed E-state index contributed by atoms with van der Waals surface area (Å²) < 4.78 is 11.9. The second-order valence-electron chi connectivity index (χ2n) is 6.13. The van der Waals surface area contributed by atoms with E-state index in [1.165, 1.54) is 4.88 Å². The molecule has 0 radical (unpaired) electrons. The molecule has 0 amide bonds. The first-order valence-corrected chi connectivity index (χ1v) is 10.2. The SMILES string of the molecule is COc1ccc(OC)c(Nc2ncnc3sc(C)c(-c4ccc(Br)cc4)c23)c1. The molecular weight excluding hydrogens is 438 g/mol. The number of nitrogens with zero attached hydrogens (tertiary/aromatic N) is 2. The van der Waals surface area contributed by atoms with Gasteiger partial charge in [0.2, 0.25) is 0 Å². The molecule has 0 aliphatic heterocycles. The van der Waals surface area contributed by atoms with E-state index in [1.807, 2.05) is 30.3 Å². The third kappa shape index (κ3) is 3.43. The molecule has 142 valence electrons. The zero-order valence-electron chi connectivity index (χ0n) is 15.6. The van der Waals surface area contributed by atoms with Crippen LogP contribution in [0.4, 0.5) is 11.5 Å². The van der Waals surface area contributed by atoms with Crippen LogP contribution < -0.4 is 14.8 Å². The number of hydrogen-bond donors (Lipinski definition) is 1. The van der Waals surface area contributed by atoms with E-state index in [2.05, 4.69) is 50.3 Å². The predicted molar refractivity (Wildman–Crippen MR) is 118 cm³/mol. The average molecular weight is 456 g/mol. The van der Waals surface area contributed by atoms with Crippen LogP contribution in [0.15, 0.2) is 53.3 Å². The minimum absolute atomic E-state index is 0.713. The fraction of sp³-hybridized carbons (Fsp3) is 0.143. The molecule has 2 aromatic carbocycles. The lowest BCUT2D eigenvalue weighted by Gasteiger charge is -2.13. The molecule has 4 aromatic rings. The smallest absolute Gasteiger partial charge is 0.143 e. The van der Waals surface area contributed by atoms with Crippen LogP contribution in [-0.4, -0.2) is 24.2 Å². The van der Waals surface area contributed by atoms with E-state index in [1.54, 1.807) is 31.9 Å². The summed E-state index contributed by atoms with van der Waals surface area (Å²) in [4.78, 5) is 11.1. The highest BCUT2D eigenvalue weighted by Crippen LogP contribution is 2.42. The number of anilines is 2. The van der Waals surface area contributed by atoms with E-state index in [0.717, 1.165) is 43.1 Å². The van der Waals surface area contributed by atoms with E-state index >= 15 is 0 Å². The zero-order chi connectivity index (χ0) is 19.7. The average Bonchev–Trinajstić information content (AvgIpc) is 3.05. The standard InChI is InChI=1S/C21H18BrN3O2S/c1-12-18(13-4-6-14(22)7-5-13)19-20(23-11-24-21(19)28-12)25-16-10-15(26-2)8-9-17(16)27-3/h4-11H,1-3H3,(H,23,24,25). The number of aromatic nitrogens is 2. The quantitative estimate of drug-likeness (QED) is 0.388. The molecule has 0 aliphatic carbocycles. The Morgan fingerprint density at radius 1 is 1.00 bits per heavy atom. The number of benzene rings is 2. The monoisotopic (exact) mass is 455 g/mol. The molecule has 4 rings (SSSR count). The van der Waals surface area contributed by atoms with Crippen molar-refractivity contribution in [2.24, 2.45) is 0 Å². The van der Waals surface area contributed by atoms with Gasteiger partial charge in [-0.1, -0.05) is 28.1 Å². The van der Waals surface area contributed by atoms with Crippen LogP contribution in [0.2, 0.25) is 0 Å². The highest BCUT2D eigenvalue weighted by molar-refractivity contribution is 9.10. The van der Waals surface area contributed by atoms with Crippen LogP contribution in [-0.2, 0) is 0 Å². The molecule has 5 nitrogen and oxygen atoms in total. The molecule has 0 aliphatic rings. The van der Waals surface area contributed by atoms with Crippen molar-refractivity contribution in [3.05, 3.63) is 58.1 Å². The molecule has 0 fully saturated rings. The number of halogens is 1. The number of aryl methyl sites for hydroxylation is 1. The Labute approximate surface area is 175 Å². The van der Waals surface area contributed by atoms with Crippen molar-refractivity contribution in [2.45, 2.75) is 6.92 Å². The Bertz CT molecular complexity index is 1140. The van der Waals surface area contributed by atoms with Gasteiger partial charge in [0.05, 0.1) is 25.3 Å². The van der Waals surface area contributed by atoms with E-state index in [-0.39, 0.29) is 0 Å². The molecule has 1 N–H and O–H groups in total. The fourth-order valence-corrected chi connectivity index (χ4v) is 4.42. The minimum Gasteiger partial charge on any atom is -0.497 e. The maximum absolute atomic E-state index is 5.50. The third-order valence-electron chi connectivity index (χ3n) is 4.46. The van der Waals surface area contributed by atoms with Crippen LogP contribution in [0.3, 0.4) is 0 Å². The van der Waals surface area contributed by atoms with Gasteiger partial charge >= 0.3 is 0 Å². The van der Waals surface area contributed by atoms with Crippen LogP contribution >= 0.6 is 27.3 Å². The zero-order valence-corrected chi connectivity index (χ0v) is 18.0. The number of nitrogens with one attached hydrogen (secondary N) is 1. The van der Waals surface area contributed by atoms with Crippen molar-refractivity contribution in [2.75, 3.05) is 19.5 Å². The van der Waals surface area contributed by atoms with Gasteiger partial charge in [-0.3, -0.25) is 0 Å². The van der Waals surface area contributed by atoms with Crippen LogP contribution in [0.5, 0.6) is 11.5 Å². The Kier molecular flexibility index (Phi) is 5.19. The maximum Gasteiger partial charge on any atom is 0.143 e. The summed E-state index contributed by atoms with van der Waals surface area (Å²) >= 11 is 5.17. The lowest BCUT2D eigenvalue weighted by Crippen LogP contribution is -1.99. The molecule has 0 saturated heterocycles. The predicted octanol–water partition coefficient (Wildman–Crippen LogP) is 6.19. The Hall–Kier alpha value is -2.64. The number of fused-ring (bicyclic) bond motifs is 1. The normalized spacial score (nSPS) is 10.9. The Morgan fingerprint density at radius 3 is 2.50 bits per heavy atom. The Balaban J connectivity index is 1.88. The molecule has 2 aromatic heterocycles. The van der Waals surface area contributed by atoms with Crippen LogP contribution in [0.1, 0.15) is 4.88 Å². The molecule has 7 heteroatoms. The summed E-state index contributed by atoms with van der Waals surface area (Å²) in [5.41, 5.74) is 3.05. The maximum atomic E-state index is 5.50. The second kappa shape index (κ2) is 7.77. The van der Waals surface area contributed by atoms with Crippen molar-refractivity contribution < 1.29 is 9.47 Å². The van der Waals surface area contributed by atoms with Gasteiger partial charge in [0.15, 0.2) is 0 Å². The molecule has 28 heavy (non-hydrogen) atoms. The van der Waals surface area contributed by atoms with Crippen molar-refractivity contribution >= 4 is 49.0 Å². The molecular formula is C21H18BrN3O2S. The first-order valence-electron chi connectivity index (χ1n) is 8.59. The van der Waals surface area contributed by atoms with E-state index in [4.69, 9.17) is 9.47 Å². The molecule has 0 atom stereocenters. The van der Waals surface area contributed by atoms with Crippen LogP contribution in [0, 0.1) is 6.92 Å².